The molecule has 2 amide bonds. The molecule has 6 nitrogen and oxygen atoms in total. The summed E-state index contributed by atoms with van der Waals surface area (Å²) < 4.78 is 85.1. The van der Waals surface area contributed by atoms with E-state index in [1.165, 1.54) is 31.2 Å². The van der Waals surface area contributed by atoms with Crippen LogP contribution in [0.15, 0.2) is 72.8 Å². The van der Waals surface area contributed by atoms with E-state index in [0.717, 1.165) is 0 Å². The van der Waals surface area contributed by atoms with E-state index >= 15 is 0 Å². The Morgan fingerprint density at radius 3 is 1.45 bits per heavy atom. The summed E-state index contributed by atoms with van der Waals surface area (Å²) >= 11 is 26.7. The Morgan fingerprint density at radius 1 is 0.660 bits per heavy atom. The van der Waals surface area contributed by atoms with E-state index in [1.807, 2.05) is 0 Å². The third-order valence-electron chi connectivity index (χ3n) is 5.67. The minimum absolute atomic E-state index is 0.0409. The van der Waals surface area contributed by atoms with E-state index < -0.39 is 24.2 Å². The lowest BCUT2D eigenvalue weighted by Crippen LogP contribution is -2.30. The number of carbonyl (C=O) groups excluding carboxylic acids is 2. The largest absolute Gasteiger partial charge is 0.471 e. The Balaban J connectivity index is 0.000000256. The van der Waals surface area contributed by atoms with Crippen LogP contribution in [0.2, 0.25) is 20.1 Å². The summed E-state index contributed by atoms with van der Waals surface area (Å²) in [5.41, 5.74) is 0.653. The first-order valence-corrected chi connectivity index (χ1v) is 15.3. The number of amides is 2. The molecule has 17 heteroatoms. The lowest BCUT2D eigenvalue weighted by molar-refractivity contribution is -0.167. The fraction of sp³-hybridized carbons (Fsp3) is 0.133. The molecule has 250 valence electrons. The van der Waals surface area contributed by atoms with Crippen LogP contribution in [0.1, 0.15) is 11.1 Å². The molecule has 0 aliphatic heterocycles. The summed E-state index contributed by atoms with van der Waals surface area (Å²) in [6, 6.07) is 18.2. The second kappa shape index (κ2) is 16.2. The first kappa shape index (κ1) is 38.1. The molecule has 0 unspecified atom stereocenters. The van der Waals surface area contributed by atoms with Crippen LogP contribution in [-0.4, -0.2) is 24.2 Å². The molecule has 4 rings (SSSR count). The van der Waals surface area contributed by atoms with Gasteiger partial charge in [0.15, 0.2) is 0 Å². The van der Waals surface area contributed by atoms with Crippen LogP contribution in [0, 0.1) is 6.92 Å². The van der Waals surface area contributed by atoms with Crippen LogP contribution < -0.4 is 20.1 Å². The first-order chi connectivity index (χ1) is 21.9. The number of ether oxygens (including phenoxy) is 2. The van der Waals surface area contributed by atoms with Gasteiger partial charge in [0, 0.05) is 26.8 Å². The number of nitrogens with one attached hydrogen (secondary N) is 2. The van der Waals surface area contributed by atoms with Crippen molar-refractivity contribution in [3.8, 4) is 23.0 Å². The summed E-state index contributed by atoms with van der Waals surface area (Å²) in [5, 5.41) is 4.91. The van der Waals surface area contributed by atoms with E-state index in [2.05, 4.69) is 15.9 Å². The molecule has 0 aliphatic rings. The minimum atomic E-state index is -4.99. The number of aryl methyl sites for hydroxylation is 1. The molecular formula is C30H19BrCl4F6N2O4. The molecule has 0 saturated heterocycles. The van der Waals surface area contributed by atoms with Crippen molar-refractivity contribution >= 4 is 85.5 Å². The zero-order valence-electron chi connectivity index (χ0n) is 23.4. The van der Waals surface area contributed by atoms with Crippen molar-refractivity contribution in [2.75, 3.05) is 10.6 Å². The molecular weight excluding hydrogens is 788 g/mol. The molecule has 0 bridgehead atoms. The molecule has 0 fully saturated rings. The normalized spacial score (nSPS) is 11.2. The van der Waals surface area contributed by atoms with Crippen molar-refractivity contribution in [3.05, 3.63) is 104 Å². The molecule has 0 spiro atoms. The highest BCUT2D eigenvalue weighted by atomic mass is 79.9. The van der Waals surface area contributed by atoms with Crippen LogP contribution in [0.4, 0.5) is 37.7 Å². The first-order valence-electron chi connectivity index (χ1n) is 12.7. The number of carbonyl (C=O) groups is 2. The quantitative estimate of drug-likeness (QED) is 0.144. The van der Waals surface area contributed by atoms with E-state index in [4.69, 9.17) is 55.9 Å². The molecule has 0 heterocycles. The Bertz CT molecular complexity index is 1740. The predicted molar refractivity (Wildman–Crippen MR) is 173 cm³/mol. The van der Waals surface area contributed by atoms with Crippen LogP contribution in [-0.2, 0) is 14.9 Å². The highest BCUT2D eigenvalue weighted by Crippen LogP contribution is 2.37. The van der Waals surface area contributed by atoms with Gasteiger partial charge in [-0.05, 0) is 90.8 Å². The molecule has 0 atom stereocenters. The SMILES string of the molecule is Cc1cc(Oc2ccc(Cl)cc2)c(Cl)cc1NC(=O)C(F)(F)F.O=C(Nc1cc(Cl)c(Oc2ccc(Cl)cc2)cc1CBr)C(F)(F)F. The average molecular weight is 807 g/mol. The molecule has 0 radical (unpaired) electrons. The number of rotatable bonds is 7. The van der Waals surface area contributed by atoms with Crippen LogP contribution >= 0.6 is 62.3 Å². The molecule has 47 heavy (non-hydrogen) atoms. The maximum atomic E-state index is 12.4. The van der Waals surface area contributed by atoms with E-state index in [0.29, 0.717) is 32.7 Å². The van der Waals surface area contributed by atoms with E-state index in [9.17, 15) is 35.9 Å². The topological polar surface area (TPSA) is 76.7 Å². The van der Waals surface area contributed by atoms with Crippen molar-refractivity contribution in [3.63, 3.8) is 0 Å². The van der Waals surface area contributed by atoms with Crippen LogP contribution in [0.25, 0.3) is 0 Å². The van der Waals surface area contributed by atoms with E-state index in [-0.39, 0.29) is 38.2 Å². The van der Waals surface area contributed by atoms with Crippen molar-refractivity contribution in [1.29, 1.82) is 0 Å². The molecule has 2 N–H and O–H groups in total. The van der Waals surface area contributed by atoms with Crippen LogP contribution in [0.3, 0.4) is 0 Å². The zero-order chi connectivity index (χ0) is 35.1. The van der Waals surface area contributed by atoms with Crippen molar-refractivity contribution in [2.45, 2.75) is 24.6 Å². The van der Waals surface area contributed by atoms with Gasteiger partial charge in [-0.2, -0.15) is 26.3 Å². The highest BCUT2D eigenvalue weighted by molar-refractivity contribution is 9.08. The minimum Gasteiger partial charge on any atom is -0.456 e. The number of alkyl halides is 7. The highest BCUT2D eigenvalue weighted by Gasteiger charge is 2.39. The summed E-state index contributed by atoms with van der Waals surface area (Å²) in [6.07, 6.45) is -9.97. The molecule has 4 aromatic carbocycles. The number of halogens is 11. The Labute approximate surface area is 292 Å². The Morgan fingerprint density at radius 2 is 1.04 bits per heavy atom. The third kappa shape index (κ3) is 11.4. The number of hydrogen-bond donors (Lipinski definition) is 2. The maximum Gasteiger partial charge on any atom is 0.471 e. The molecule has 0 saturated carbocycles. The van der Waals surface area contributed by atoms with Crippen LogP contribution in [0.5, 0.6) is 23.0 Å². The van der Waals surface area contributed by atoms with Crippen molar-refractivity contribution in [2.24, 2.45) is 0 Å². The number of anilines is 2. The van der Waals surface area contributed by atoms with Gasteiger partial charge in [0.1, 0.15) is 23.0 Å². The molecule has 0 aliphatic carbocycles. The maximum absolute atomic E-state index is 12.4. The number of hydrogen-bond acceptors (Lipinski definition) is 4. The van der Waals surface area contributed by atoms with Crippen molar-refractivity contribution in [1.82, 2.24) is 0 Å². The van der Waals surface area contributed by atoms with Gasteiger partial charge >= 0.3 is 24.2 Å². The number of benzene rings is 4. The van der Waals surface area contributed by atoms with Crippen molar-refractivity contribution < 1.29 is 45.4 Å². The fourth-order valence-electron chi connectivity index (χ4n) is 3.41. The monoisotopic (exact) mass is 804 g/mol. The Kier molecular flexibility index (Phi) is 13.1. The second-order valence-electron chi connectivity index (χ2n) is 9.19. The Hall–Kier alpha value is -3.36. The fourth-order valence-corrected chi connectivity index (χ4v) is 4.53. The summed E-state index contributed by atoms with van der Waals surface area (Å²) in [5.74, 6) is -2.75. The summed E-state index contributed by atoms with van der Waals surface area (Å²) in [7, 11) is 0. The lowest BCUT2D eigenvalue weighted by Gasteiger charge is -2.15. The van der Waals surface area contributed by atoms with Gasteiger partial charge in [0.25, 0.3) is 0 Å². The third-order valence-corrected chi connectivity index (χ3v) is 7.37. The van der Waals surface area contributed by atoms with Gasteiger partial charge in [0.2, 0.25) is 0 Å². The zero-order valence-corrected chi connectivity index (χ0v) is 28.0. The van der Waals surface area contributed by atoms with Gasteiger partial charge in [-0.1, -0.05) is 62.3 Å². The van der Waals surface area contributed by atoms with Gasteiger partial charge in [-0.25, -0.2) is 0 Å². The summed E-state index contributed by atoms with van der Waals surface area (Å²) in [6.45, 7) is 1.52. The average Bonchev–Trinajstić information content (AvgIpc) is 2.98. The van der Waals surface area contributed by atoms with E-state index in [1.54, 1.807) is 59.2 Å². The smallest absolute Gasteiger partial charge is 0.456 e. The van der Waals surface area contributed by atoms with Gasteiger partial charge in [-0.3, -0.25) is 9.59 Å². The molecule has 4 aromatic rings. The van der Waals surface area contributed by atoms with Gasteiger partial charge in [0.05, 0.1) is 10.0 Å². The standard InChI is InChI=1S/C15H9BrCl2F3NO2.C15H10Cl2F3NO2/c16-7-8-5-13(24-10-3-1-9(17)2-4-10)11(18)6-12(8)22-14(23)15(19,20)21;1-8-6-13(23-10-4-2-9(16)3-5-10)11(17)7-12(8)21-14(22)15(18,19)20/h1-6H,7H2,(H,22,23);2-7H,1H3,(H,21,22). The predicted octanol–water partition coefficient (Wildman–Crippen LogP) is 11.8. The second-order valence-corrected chi connectivity index (χ2v) is 11.4. The molecule has 0 aromatic heterocycles. The van der Waals surface area contributed by atoms with Gasteiger partial charge in [-0.15, -0.1) is 0 Å². The summed E-state index contributed by atoms with van der Waals surface area (Å²) in [4.78, 5) is 22.1. The van der Waals surface area contributed by atoms with Gasteiger partial charge < -0.3 is 20.1 Å². The lowest BCUT2D eigenvalue weighted by atomic mass is 10.2.